The Kier molecular flexibility index (Phi) is 4.64. The summed E-state index contributed by atoms with van der Waals surface area (Å²) in [7, 11) is 3.64. The second kappa shape index (κ2) is 6.24. The fourth-order valence-electron chi connectivity index (χ4n) is 2.56. The molecule has 0 aliphatic heterocycles. The van der Waals surface area contributed by atoms with Crippen LogP contribution in [0.2, 0.25) is 5.02 Å². The molecular weight excluding hydrogens is 262 g/mol. The number of hydrogen-bond acceptors (Lipinski definition) is 3. The van der Waals surface area contributed by atoms with Crippen LogP contribution in [0.25, 0.3) is 0 Å². The molecule has 1 aliphatic carbocycles. The van der Waals surface area contributed by atoms with Crippen molar-refractivity contribution in [2.45, 2.75) is 38.1 Å². The monoisotopic (exact) mass is 281 g/mol. The van der Waals surface area contributed by atoms with Gasteiger partial charge in [-0.3, -0.25) is 4.79 Å². The highest BCUT2D eigenvalue weighted by Gasteiger charge is 2.24. The van der Waals surface area contributed by atoms with Crippen LogP contribution in [0.3, 0.4) is 0 Å². The summed E-state index contributed by atoms with van der Waals surface area (Å²) in [6.07, 6.45) is 7.38. The van der Waals surface area contributed by atoms with E-state index in [-0.39, 0.29) is 5.91 Å². The number of aromatic nitrogens is 1. The Morgan fingerprint density at radius 2 is 2.11 bits per heavy atom. The van der Waals surface area contributed by atoms with Crippen molar-refractivity contribution in [1.82, 2.24) is 9.88 Å². The van der Waals surface area contributed by atoms with Crippen LogP contribution >= 0.6 is 11.6 Å². The van der Waals surface area contributed by atoms with Crippen molar-refractivity contribution in [2.24, 2.45) is 0 Å². The molecule has 19 heavy (non-hydrogen) atoms. The van der Waals surface area contributed by atoms with Gasteiger partial charge in [0.1, 0.15) is 5.82 Å². The van der Waals surface area contributed by atoms with Crippen molar-refractivity contribution >= 4 is 23.3 Å². The lowest BCUT2D eigenvalue weighted by Crippen LogP contribution is -2.38. The van der Waals surface area contributed by atoms with Crippen molar-refractivity contribution < 1.29 is 4.79 Å². The van der Waals surface area contributed by atoms with Gasteiger partial charge in [-0.15, -0.1) is 0 Å². The van der Waals surface area contributed by atoms with Gasteiger partial charge in [0, 0.05) is 26.3 Å². The number of hydrogen-bond donors (Lipinski definition) is 1. The third-order valence-electron chi connectivity index (χ3n) is 3.78. The molecular formula is C14H20ClN3O. The third-order valence-corrected chi connectivity index (χ3v) is 4.09. The van der Waals surface area contributed by atoms with Gasteiger partial charge >= 0.3 is 0 Å². The van der Waals surface area contributed by atoms with E-state index in [1.807, 2.05) is 11.9 Å². The molecule has 0 radical (unpaired) electrons. The van der Waals surface area contributed by atoms with Crippen LogP contribution in [-0.2, 0) is 0 Å². The minimum atomic E-state index is -0.0178. The molecule has 1 fully saturated rings. The standard InChI is InChI=1S/C14H20ClN3O/c1-16-13-8-11(12(15)9-17-13)14(19)18(2)10-6-4-3-5-7-10/h8-10H,3-7H2,1-2H3,(H,16,17). The molecule has 1 amide bonds. The number of carbonyl (C=O) groups excluding carboxylic acids is 1. The number of rotatable bonds is 3. The number of anilines is 1. The zero-order chi connectivity index (χ0) is 13.8. The van der Waals surface area contributed by atoms with E-state index < -0.39 is 0 Å². The Hall–Kier alpha value is -1.29. The van der Waals surface area contributed by atoms with Crippen molar-refractivity contribution in [2.75, 3.05) is 19.4 Å². The molecule has 1 aliphatic rings. The van der Waals surface area contributed by atoms with E-state index in [1.54, 1.807) is 13.1 Å². The fraction of sp³-hybridized carbons (Fsp3) is 0.571. The molecule has 2 rings (SSSR count). The van der Waals surface area contributed by atoms with Gasteiger partial charge < -0.3 is 10.2 Å². The second-order valence-electron chi connectivity index (χ2n) is 5.01. The lowest BCUT2D eigenvalue weighted by atomic mass is 9.94. The smallest absolute Gasteiger partial charge is 0.255 e. The van der Waals surface area contributed by atoms with Crippen LogP contribution in [0.4, 0.5) is 5.82 Å². The van der Waals surface area contributed by atoms with E-state index in [1.165, 1.54) is 25.5 Å². The van der Waals surface area contributed by atoms with Gasteiger partial charge in [-0.1, -0.05) is 30.9 Å². The van der Waals surface area contributed by atoms with Gasteiger partial charge in [0.05, 0.1) is 10.6 Å². The minimum Gasteiger partial charge on any atom is -0.373 e. The van der Waals surface area contributed by atoms with E-state index >= 15 is 0 Å². The van der Waals surface area contributed by atoms with Crippen LogP contribution in [0.1, 0.15) is 42.5 Å². The topological polar surface area (TPSA) is 45.2 Å². The van der Waals surface area contributed by atoms with E-state index in [9.17, 15) is 4.79 Å². The van der Waals surface area contributed by atoms with Crippen LogP contribution in [0.5, 0.6) is 0 Å². The molecule has 0 saturated heterocycles. The van der Waals surface area contributed by atoms with Gasteiger partial charge in [0.25, 0.3) is 5.91 Å². The SMILES string of the molecule is CNc1cc(C(=O)N(C)C2CCCCC2)c(Cl)cn1. The van der Waals surface area contributed by atoms with E-state index in [0.29, 0.717) is 22.4 Å². The first kappa shape index (κ1) is 14.1. The molecule has 0 atom stereocenters. The number of amides is 1. The minimum absolute atomic E-state index is 0.0178. The molecule has 0 spiro atoms. The normalized spacial score (nSPS) is 16.2. The van der Waals surface area contributed by atoms with Gasteiger partial charge in [-0.25, -0.2) is 4.98 Å². The highest BCUT2D eigenvalue weighted by molar-refractivity contribution is 6.33. The summed E-state index contributed by atoms with van der Waals surface area (Å²) in [5, 5.41) is 3.34. The average molecular weight is 282 g/mol. The lowest BCUT2D eigenvalue weighted by Gasteiger charge is -2.31. The number of halogens is 1. The summed E-state index contributed by atoms with van der Waals surface area (Å²) in [5.41, 5.74) is 0.522. The molecule has 1 N–H and O–H groups in total. The Labute approximate surface area is 119 Å². The summed E-state index contributed by atoms with van der Waals surface area (Å²) in [6.45, 7) is 0. The Morgan fingerprint density at radius 1 is 1.42 bits per heavy atom. The van der Waals surface area contributed by atoms with Gasteiger partial charge in [0.15, 0.2) is 0 Å². The first-order valence-corrected chi connectivity index (χ1v) is 7.11. The zero-order valence-corrected chi connectivity index (χ0v) is 12.2. The first-order chi connectivity index (χ1) is 9.13. The molecule has 1 aromatic rings. The molecule has 5 heteroatoms. The Balaban J connectivity index is 2.18. The van der Waals surface area contributed by atoms with Crippen LogP contribution in [-0.4, -0.2) is 35.9 Å². The van der Waals surface area contributed by atoms with Crippen molar-refractivity contribution in [3.63, 3.8) is 0 Å². The quantitative estimate of drug-likeness (QED) is 0.925. The average Bonchev–Trinajstić information content (AvgIpc) is 2.47. The highest BCUT2D eigenvalue weighted by atomic mass is 35.5. The predicted octanol–water partition coefficient (Wildman–Crippen LogP) is 3.18. The highest BCUT2D eigenvalue weighted by Crippen LogP contribution is 2.25. The number of nitrogens with zero attached hydrogens (tertiary/aromatic N) is 2. The van der Waals surface area contributed by atoms with Crippen molar-refractivity contribution in [3.05, 3.63) is 22.8 Å². The van der Waals surface area contributed by atoms with E-state index in [0.717, 1.165) is 12.8 Å². The molecule has 1 saturated carbocycles. The molecule has 104 valence electrons. The number of pyridine rings is 1. The maximum Gasteiger partial charge on any atom is 0.255 e. The summed E-state index contributed by atoms with van der Waals surface area (Å²) < 4.78 is 0. The maximum absolute atomic E-state index is 12.5. The molecule has 0 unspecified atom stereocenters. The largest absolute Gasteiger partial charge is 0.373 e. The van der Waals surface area contributed by atoms with Crippen molar-refractivity contribution in [1.29, 1.82) is 0 Å². The van der Waals surface area contributed by atoms with Gasteiger partial charge in [-0.05, 0) is 18.9 Å². The van der Waals surface area contributed by atoms with Crippen molar-refractivity contribution in [3.8, 4) is 0 Å². The lowest BCUT2D eigenvalue weighted by molar-refractivity contribution is 0.0696. The fourth-order valence-corrected chi connectivity index (χ4v) is 2.75. The van der Waals surface area contributed by atoms with Gasteiger partial charge in [0.2, 0.25) is 0 Å². The van der Waals surface area contributed by atoms with Crippen LogP contribution in [0.15, 0.2) is 12.3 Å². The summed E-state index contributed by atoms with van der Waals surface area (Å²) in [5.74, 6) is 0.639. The van der Waals surface area contributed by atoms with Crippen LogP contribution in [0, 0.1) is 0 Å². The summed E-state index contributed by atoms with van der Waals surface area (Å²) in [6, 6.07) is 2.05. The van der Waals surface area contributed by atoms with Crippen LogP contribution < -0.4 is 5.32 Å². The molecule has 1 heterocycles. The maximum atomic E-state index is 12.5. The third kappa shape index (κ3) is 3.18. The number of carbonyl (C=O) groups is 1. The van der Waals surface area contributed by atoms with Gasteiger partial charge in [-0.2, -0.15) is 0 Å². The molecule has 4 nitrogen and oxygen atoms in total. The van der Waals surface area contributed by atoms with E-state index in [4.69, 9.17) is 11.6 Å². The predicted molar refractivity (Wildman–Crippen MR) is 77.8 cm³/mol. The first-order valence-electron chi connectivity index (χ1n) is 6.74. The molecule has 1 aromatic heterocycles. The van der Waals surface area contributed by atoms with E-state index in [2.05, 4.69) is 10.3 Å². The molecule has 0 bridgehead atoms. The Bertz CT molecular complexity index is 458. The zero-order valence-electron chi connectivity index (χ0n) is 11.4. The summed E-state index contributed by atoms with van der Waals surface area (Å²) in [4.78, 5) is 18.4. The summed E-state index contributed by atoms with van der Waals surface area (Å²) >= 11 is 6.09. The Morgan fingerprint density at radius 3 is 2.74 bits per heavy atom. The molecule has 0 aromatic carbocycles. The second-order valence-corrected chi connectivity index (χ2v) is 5.41. The number of nitrogens with one attached hydrogen (secondary N) is 1.